The summed E-state index contributed by atoms with van der Waals surface area (Å²) in [4.78, 5) is 53.4. The first-order valence-corrected chi connectivity index (χ1v) is 9.39. The molecule has 17 heavy (non-hydrogen) atoms. The zero-order chi connectivity index (χ0) is 14.2. The third kappa shape index (κ3) is 4.91. The molecule has 0 spiro atoms. The Hall–Kier alpha value is 0.450. The fourth-order valence-electron chi connectivity index (χ4n) is 1.50. The molecule has 0 aliphatic carbocycles. The summed E-state index contributed by atoms with van der Waals surface area (Å²) in [5, 5.41) is -2.70. The second-order valence-corrected chi connectivity index (χ2v) is 9.57. The van der Waals surface area contributed by atoms with Crippen LogP contribution in [0.15, 0.2) is 0 Å². The molecule has 0 fully saturated rings. The van der Waals surface area contributed by atoms with Gasteiger partial charge in [-0.15, -0.1) is 0 Å². The van der Waals surface area contributed by atoms with E-state index in [9.17, 15) is 13.7 Å². The Bertz CT molecular complexity index is 377. The van der Waals surface area contributed by atoms with E-state index >= 15 is 0 Å². The van der Waals surface area contributed by atoms with E-state index < -0.39 is 39.8 Å². The van der Waals surface area contributed by atoms with Crippen molar-refractivity contribution >= 4 is 22.8 Å². The van der Waals surface area contributed by atoms with Gasteiger partial charge < -0.3 is 29.4 Å². The Labute approximate surface area is 97.4 Å². The molecule has 6 N–H and O–H groups in total. The van der Waals surface area contributed by atoms with Crippen LogP contribution in [0.5, 0.6) is 0 Å². The predicted octanol–water partition coefficient (Wildman–Crippen LogP) is -0.130. The van der Waals surface area contributed by atoms with E-state index in [-0.39, 0.29) is 0 Å². The van der Waals surface area contributed by atoms with Crippen LogP contribution in [0.4, 0.5) is 0 Å². The van der Waals surface area contributed by atoms with Crippen molar-refractivity contribution in [3.05, 3.63) is 0 Å². The number of rotatable bonds is 5. The van der Waals surface area contributed by atoms with Crippen molar-refractivity contribution in [2.75, 3.05) is 0 Å². The molecule has 0 aromatic rings. The molecule has 12 heteroatoms. The van der Waals surface area contributed by atoms with Crippen molar-refractivity contribution in [1.82, 2.24) is 0 Å². The van der Waals surface area contributed by atoms with Gasteiger partial charge in [-0.25, -0.2) is 0 Å². The van der Waals surface area contributed by atoms with E-state index in [1.807, 2.05) is 0 Å². The van der Waals surface area contributed by atoms with Gasteiger partial charge in [0.15, 0.2) is 5.40 Å². The molecular weight excluding hydrogens is 297 g/mol. The molecule has 0 radical (unpaired) electrons. The van der Waals surface area contributed by atoms with Gasteiger partial charge in [0.25, 0.3) is 0 Å². The molecule has 1 unspecified atom stereocenters. The summed E-state index contributed by atoms with van der Waals surface area (Å²) in [6, 6.07) is 0. The summed E-state index contributed by atoms with van der Waals surface area (Å²) < 4.78 is 33.2. The summed E-state index contributed by atoms with van der Waals surface area (Å²) in [7, 11) is -15.8. The Morgan fingerprint density at radius 2 is 1.00 bits per heavy atom. The van der Waals surface area contributed by atoms with Crippen LogP contribution in [0.3, 0.4) is 0 Å². The van der Waals surface area contributed by atoms with Crippen molar-refractivity contribution in [2.45, 2.75) is 24.9 Å². The molecule has 0 heterocycles. The molecule has 1 atom stereocenters. The van der Waals surface area contributed by atoms with E-state index in [1.54, 1.807) is 0 Å². The Kier molecular flexibility index (Phi) is 5.35. The lowest BCUT2D eigenvalue weighted by atomic mass is 10.1. The average Bonchev–Trinajstić information content (AvgIpc) is 1.91. The van der Waals surface area contributed by atoms with Crippen LogP contribution in [0.25, 0.3) is 0 Å². The lowest BCUT2D eigenvalue weighted by Gasteiger charge is -2.31. The summed E-state index contributed by atoms with van der Waals surface area (Å²) in [5.41, 5.74) is -2.11. The first-order valence-electron chi connectivity index (χ1n) is 4.34. The predicted molar refractivity (Wildman–Crippen MR) is 58.5 cm³/mol. The van der Waals surface area contributed by atoms with E-state index in [2.05, 4.69) is 0 Å². The fraction of sp³-hybridized carbons (Fsp3) is 1.00. The molecule has 104 valence electrons. The van der Waals surface area contributed by atoms with Gasteiger partial charge in [-0.1, -0.05) is 13.8 Å². The molecule has 0 amide bonds. The standard InChI is InChI=1S/C5H15O9P3/c1-3(2)4(15(6,7)8)5(16(9,10)11)17(12,13)14/h3-5H,1-2H3,(H2,6,7,8)(H2,9,10,11)(H2,12,13,14). The van der Waals surface area contributed by atoms with Crippen molar-refractivity contribution in [3.8, 4) is 0 Å². The molecular formula is C5H15O9P3. The van der Waals surface area contributed by atoms with Gasteiger partial charge in [0.2, 0.25) is 0 Å². The topological polar surface area (TPSA) is 173 Å². The van der Waals surface area contributed by atoms with Crippen LogP contribution in [-0.2, 0) is 13.7 Å². The Morgan fingerprint density at radius 1 is 0.706 bits per heavy atom. The van der Waals surface area contributed by atoms with Crippen LogP contribution >= 0.6 is 22.8 Å². The summed E-state index contributed by atoms with van der Waals surface area (Å²) in [6.45, 7) is 2.42. The molecule has 0 aliphatic rings. The lowest BCUT2D eigenvalue weighted by Crippen LogP contribution is -2.31. The largest absolute Gasteiger partial charge is 0.341 e. The molecule has 0 bridgehead atoms. The van der Waals surface area contributed by atoms with Crippen LogP contribution in [0.2, 0.25) is 0 Å². The number of hydrogen-bond donors (Lipinski definition) is 6. The fourth-order valence-corrected chi connectivity index (χ4v) is 7.76. The third-order valence-electron chi connectivity index (χ3n) is 2.07. The van der Waals surface area contributed by atoms with Gasteiger partial charge >= 0.3 is 22.8 Å². The first-order chi connectivity index (χ1) is 7.19. The van der Waals surface area contributed by atoms with Crippen LogP contribution in [0.1, 0.15) is 13.8 Å². The molecule has 0 saturated heterocycles. The maximum Gasteiger partial charge on any atom is 0.341 e. The van der Waals surface area contributed by atoms with Crippen LogP contribution in [0, 0.1) is 5.92 Å². The second-order valence-electron chi connectivity index (χ2n) is 3.92. The third-order valence-corrected chi connectivity index (χ3v) is 8.03. The van der Waals surface area contributed by atoms with Gasteiger partial charge in [-0.05, 0) is 5.92 Å². The minimum absolute atomic E-state index is 1.01. The van der Waals surface area contributed by atoms with Crippen LogP contribution in [-0.4, -0.2) is 40.4 Å². The van der Waals surface area contributed by atoms with Gasteiger partial charge in [0, 0.05) is 0 Å². The van der Waals surface area contributed by atoms with Gasteiger partial charge in [-0.3, -0.25) is 13.7 Å². The highest BCUT2D eigenvalue weighted by Gasteiger charge is 2.55. The maximum absolute atomic E-state index is 11.1. The van der Waals surface area contributed by atoms with Crippen molar-refractivity contribution in [1.29, 1.82) is 0 Å². The summed E-state index contributed by atoms with van der Waals surface area (Å²) in [6.07, 6.45) is 0. The monoisotopic (exact) mass is 312 g/mol. The van der Waals surface area contributed by atoms with E-state index in [4.69, 9.17) is 29.4 Å². The quantitative estimate of drug-likeness (QED) is 0.378. The van der Waals surface area contributed by atoms with E-state index in [0.717, 1.165) is 0 Å². The van der Waals surface area contributed by atoms with E-state index in [1.165, 1.54) is 13.8 Å². The van der Waals surface area contributed by atoms with Gasteiger partial charge in [0.1, 0.15) is 0 Å². The summed E-state index contributed by atoms with van der Waals surface area (Å²) in [5.74, 6) is -1.01. The molecule has 0 aromatic heterocycles. The average molecular weight is 312 g/mol. The smallest absolute Gasteiger partial charge is 0.324 e. The molecule has 9 nitrogen and oxygen atoms in total. The SMILES string of the molecule is CC(C)C(C(P(=O)(O)O)P(=O)(O)O)P(=O)(O)O. The van der Waals surface area contributed by atoms with Gasteiger partial charge in [-0.2, -0.15) is 0 Å². The maximum atomic E-state index is 11.1. The minimum Gasteiger partial charge on any atom is -0.324 e. The van der Waals surface area contributed by atoms with Crippen LogP contribution < -0.4 is 0 Å². The molecule has 0 aromatic carbocycles. The Balaban J connectivity index is 5.84. The normalized spacial score (nSPS) is 16.6. The second kappa shape index (κ2) is 5.21. The zero-order valence-corrected chi connectivity index (χ0v) is 11.7. The highest BCUT2D eigenvalue weighted by molar-refractivity contribution is 7.72. The molecule has 0 aliphatic heterocycles. The Morgan fingerprint density at radius 3 is 1.06 bits per heavy atom. The van der Waals surface area contributed by atoms with Gasteiger partial charge in [0.05, 0.1) is 5.66 Å². The number of hydrogen-bond acceptors (Lipinski definition) is 3. The highest BCUT2D eigenvalue weighted by Crippen LogP contribution is 2.68. The first kappa shape index (κ1) is 17.4. The van der Waals surface area contributed by atoms with Crippen molar-refractivity contribution in [3.63, 3.8) is 0 Å². The lowest BCUT2D eigenvalue weighted by molar-refractivity contribution is 0.303. The minimum atomic E-state index is -5.36. The van der Waals surface area contributed by atoms with Crippen molar-refractivity contribution < 1.29 is 43.1 Å². The van der Waals surface area contributed by atoms with E-state index in [0.29, 0.717) is 0 Å². The highest BCUT2D eigenvalue weighted by atomic mass is 31.2. The zero-order valence-electron chi connectivity index (χ0n) is 8.98. The molecule has 0 rings (SSSR count). The summed E-state index contributed by atoms with van der Waals surface area (Å²) >= 11 is 0. The molecule has 0 saturated carbocycles. The van der Waals surface area contributed by atoms with Crippen molar-refractivity contribution in [2.24, 2.45) is 5.92 Å².